The largest absolute Gasteiger partial charge is 0.494 e. The molecule has 24 heavy (non-hydrogen) atoms. The van der Waals surface area contributed by atoms with E-state index in [-0.39, 0.29) is 23.7 Å². The number of hydrogen-bond acceptors (Lipinski definition) is 4. The van der Waals surface area contributed by atoms with Crippen molar-refractivity contribution in [2.75, 3.05) is 13.7 Å². The zero-order chi connectivity index (χ0) is 17.1. The summed E-state index contributed by atoms with van der Waals surface area (Å²) in [5.41, 5.74) is 3.03. The number of Topliss-reactive ketones (excluding diaryl/α,β-unsaturated/α-hetero) is 1. The summed E-state index contributed by atoms with van der Waals surface area (Å²) in [6.45, 7) is -0.370. The number of methoxy groups -OCH3 is 1. The van der Waals surface area contributed by atoms with E-state index in [9.17, 15) is 14.0 Å². The Bertz CT molecular complexity index is 798. The maximum absolute atomic E-state index is 13.6. The van der Waals surface area contributed by atoms with E-state index < -0.39 is 11.8 Å². The van der Waals surface area contributed by atoms with Gasteiger partial charge in [0.2, 0.25) is 0 Å². The van der Waals surface area contributed by atoms with Crippen LogP contribution in [0.15, 0.2) is 36.4 Å². The van der Waals surface area contributed by atoms with E-state index >= 15 is 0 Å². The third-order valence-electron chi connectivity index (χ3n) is 4.14. The van der Waals surface area contributed by atoms with Crippen molar-refractivity contribution in [3.63, 3.8) is 0 Å². The van der Waals surface area contributed by atoms with Gasteiger partial charge in [0.1, 0.15) is 0 Å². The first kappa shape index (κ1) is 16.2. The van der Waals surface area contributed by atoms with Crippen molar-refractivity contribution < 1.29 is 23.5 Å². The van der Waals surface area contributed by atoms with E-state index in [1.165, 1.54) is 30.4 Å². The van der Waals surface area contributed by atoms with E-state index in [2.05, 4.69) is 0 Å². The van der Waals surface area contributed by atoms with Crippen molar-refractivity contribution in [2.45, 2.75) is 19.3 Å². The summed E-state index contributed by atoms with van der Waals surface area (Å²) in [6.07, 6.45) is 3.12. The Kier molecular flexibility index (Phi) is 4.60. The highest BCUT2D eigenvalue weighted by Crippen LogP contribution is 2.23. The van der Waals surface area contributed by atoms with Crippen LogP contribution in [0, 0.1) is 5.82 Å². The van der Waals surface area contributed by atoms with Crippen LogP contribution in [-0.4, -0.2) is 25.5 Å². The number of hydrogen-bond donors (Lipinski definition) is 0. The fraction of sp³-hybridized carbons (Fsp3) is 0.263. The monoisotopic (exact) mass is 328 g/mol. The molecule has 0 amide bonds. The van der Waals surface area contributed by atoms with Gasteiger partial charge in [-0.1, -0.05) is 12.1 Å². The van der Waals surface area contributed by atoms with Crippen LogP contribution in [0.25, 0.3) is 0 Å². The third kappa shape index (κ3) is 3.30. The number of ether oxygens (including phenoxy) is 2. The van der Waals surface area contributed by atoms with Gasteiger partial charge in [-0.25, -0.2) is 9.18 Å². The second-order valence-electron chi connectivity index (χ2n) is 5.69. The average Bonchev–Trinajstić information content (AvgIpc) is 3.06. The van der Waals surface area contributed by atoms with Crippen LogP contribution in [0.2, 0.25) is 0 Å². The lowest BCUT2D eigenvalue weighted by Gasteiger charge is -2.07. The lowest BCUT2D eigenvalue weighted by Crippen LogP contribution is -2.14. The molecule has 5 heteroatoms. The molecule has 1 aliphatic rings. The SMILES string of the molecule is COc1ccc(C(=O)OCC(=O)c2ccc3c(c2)CCC3)cc1F. The number of esters is 1. The zero-order valence-corrected chi connectivity index (χ0v) is 13.3. The summed E-state index contributed by atoms with van der Waals surface area (Å²) < 4.78 is 23.4. The molecule has 0 radical (unpaired) electrons. The van der Waals surface area contributed by atoms with Gasteiger partial charge in [0.25, 0.3) is 0 Å². The maximum atomic E-state index is 13.6. The Morgan fingerprint density at radius 3 is 2.54 bits per heavy atom. The van der Waals surface area contributed by atoms with E-state index in [4.69, 9.17) is 9.47 Å². The summed E-state index contributed by atoms with van der Waals surface area (Å²) in [5.74, 6) is -1.63. The Balaban J connectivity index is 1.63. The van der Waals surface area contributed by atoms with E-state index in [1.807, 2.05) is 12.1 Å². The maximum Gasteiger partial charge on any atom is 0.338 e. The number of aryl methyl sites for hydroxylation is 2. The minimum atomic E-state index is -0.744. The Labute approximate surface area is 139 Å². The summed E-state index contributed by atoms with van der Waals surface area (Å²) in [4.78, 5) is 24.1. The van der Waals surface area contributed by atoms with Gasteiger partial charge in [-0.15, -0.1) is 0 Å². The summed E-state index contributed by atoms with van der Waals surface area (Å²) >= 11 is 0. The molecule has 0 saturated carbocycles. The quantitative estimate of drug-likeness (QED) is 0.624. The highest BCUT2D eigenvalue weighted by Gasteiger charge is 2.16. The number of rotatable bonds is 5. The summed E-state index contributed by atoms with van der Waals surface area (Å²) in [6, 6.07) is 9.34. The van der Waals surface area contributed by atoms with Crippen molar-refractivity contribution in [3.05, 3.63) is 64.5 Å². The van der Waals surface area contributed by atoms with Gasteiger partial charge in [0.05, 0.1) is 12.7 Å². The molecule has 4 nitrogen and oxygen atoms in total. The first-order valence-electron chi connectivity index (χ1n) is 7.74. The van der Waals surface area contributed by atoms with Crippen molar-refractivity contribution in [2.24, 2.45) is 0 Å². The standard InChI is InChI=1S/C19H17FO4/c1-23-18-8-7-15(10-16(18)20)19(22)24-11-17(21)14-6-5-12-3-2-4-13(12)9-14/h5-10H,2-4,11H2,1H3. The molecule has 0 saturated heterocycles. The first-order chi connectivity index (χ1) is 11.6. The molecule has 3 rings (SSSR count). The van der Waals surface area contributed by atoms with Gasteiger partial charge < -0.3 is 9.47 Å². The molecule has 0 spiro atoms. The lowest BCUT2D eigenvalue weighted by molar-refractivity contribution is 0.0474. The number of halogens is 1. The smallest absolute Gasteiger partial charge is 0.338 e. The minimum Gasteiger partial charge on any atom is -0.494 e. The molecule has 124 valence electrons. The zero-order valence-electron chi connectivity index (χ0n) is 13.3. The minimum absolute atomic E-state index is 0.0371. The highest BCUT2D eigenvalue weighted by molar-refractivity contribution is 5.99. The van der Waals surface area contributed by atoms with Crippen molar-refractivity contribution in [1.82, 2.24) is 0 Å². The van der Waals surface area contributed by atoms with Gasteiger partial charge in [-0.2, -0.15) is 0 Å². The molecule has 0 atom stereocenters. The topological polar surface area (TPSA) is 52.6 Å². The van der Waals surface area contributed by atoms with Gasteiger partial charge in [-0.3, -0.25) is 4.79 Å². The van der Waals surface area contributed by atoms with Crippen LogP contribution in [-0.2, 0) is 17.6 Å². The van der Waals surface area contributed by atoms with Crippen LogP contribution in [0.5, 0.6) is 5.75 Å². The normalized spacial score (nSPS) is 12.6. The van der Waals surface area contributed by atoms with Crippen LogP contribution in [0.1, 0.15) is 38.3 Å². The Morgan fingerprint density at radius 2 is 1.79 bits per heavy atom. The predicted octanol–water partition coefficient (Wildman–Crippen LogP) is 3.36. The molecule has 0 bridgehead atoms. The molecule has 0 unspecified atom stereocenters. The second-order valence-corrected chi connectivity index (χ2v) is 5.69. The number of carbonyl (C=O) groups is 2. The van der Waals surface area contributed by atoms with Crippen LogP contribution in [0.3, 0.4) is 0 Å². The summed E-state index contributed by atoms with van der Waals surface area (Å²) in [7, 11) is 1.34. The van der Waals surface area contributed by atoms with Gasteiger partial charge in [-0.05, 0) is 54.7 Å². The third-order valence-corrected chi connectivity index (χ3v) is 4.14. The van der Waals surface area contributed by atoms with Gasteiger partial charge >= 0.3 is 5.97 Å². The molecule has 0 aromatic heterocycles. The molecular weight excluding hydrogens is 311 g/mol. The molecule has 1 aliphatic carbocycles. The van der Waals surface area contributed by atoms with E-state index in [0.717, 1.165) is 25.3 Å². The van der Waals surface area contributed by atoms with Crippen molar-refractivity contribution in [1.29, 1.82) is 0 Å². The fourth-order valence-electron chi connectivity index (χ4n) is 2.84. The van der Waals surface area contributed by atoms with E-state index in [0.29, 0.717) is 5.56 Å². The number of benzene rings is 2. The van der Waals surface area contributed by atoms with Crippen molar-refractivity contribution in [3.8, 4) is 5.75 Å². The lowest BCUT2D eigenvalue weighted by atomic mass is 10.0. The average molecular weight is 328 g/mol. The molecule has 0 N–H and O–H groups in total. The number of fused-ring (bicyclic) bond motifs is 1. The molecule has 0 fully saturated rings. The molecule has 0 heterocycles. The van der Waals surface area contributed by atoms with Crippen molar-refractivity contribution >= 4 is 11.8 Å². The Morgan fingerprint density at radius 1 is 1.04 bits per heavy atom. The molecule has 2 aromatic rings. The molecule has 2 aromatic carbocycles. The summed E-state index contributed by atoms with van der Waals surface area (Å²) in [5, 5.41) is 0. The van der Waals surface area contributed by atoms with Crippen LogP contribution >= 0.6 is 0 Å². The second kappa shape index (κ2) is 6.83. The van der Waals surface area contributed by atoms with Crippen LogP contribution < -0.4 is 4.74 Å². The van der Waals surface area contributed by atoms with Crippen LogP contribution in [0.4, 0.5) is 4.39 Å². The number of ketones is 1. The molecule has 0 aliphatic heterocycles. The van der Waals surface area contributed by atoms with Gasteiger partial charge in [0, 0.05) is 5.56 Å². The first-order valence-corrected chi connectivity index (χ1v) is 7.74. The Hall–Kier alpha value is -2.69. The van der Waals surface area contributed by atoms with Gasteiger partial charge in [0.15, 0.2) is 24.0 Å². The predicted molar refractivity (Wildman–Crippen MR) is 86.0 cm³/mol. The van der Waals surface area contributed by atoms with E-state index in [1.54, 1.807) is 6.07 Å². The number of carbonyl (C=O) groups excluding carboxylic acids is 2. The highest BCUT2D eigenvalue weighted by atomic mass is 19.1. The molecular formula is C19H17FO4. The fourth-order valence-corrected chi connectivity index (χ4v) is 2.84.